The van der Waals surface area contributed by atoms with Crippen molar-refractivity contribution >= 4 is 17.6 Å². The summed E-state index contributed by atoms with van der Waals surface area (Å²) in [7, 11) is 0. The molecule has 0 saturated heterocycles. The molecule has 16 heavy (non-hydrogen) atoms. The Morgan fingerprint density at radius 1 is 1.31 bits per heavy atom. The van der Waals surface area contributed by atoms with Crippen LogP contribution in [0, 0.1) is 6.92 Å². The third kappa shape index (κ3) is 1.90. The van der Waals surface area contributed by atoms with Crippen molar-refractivity contribution in [1.82, 2.24) is 15.0 Å². The van der Waals surface area contributed by atoms with E-state index in [4.69, 9.17) is 16.7 Å². The highest BCUT2D eigenvalue weighted by Crippen LogP contribution is 2.13. The van der Waals surface area contributed by atoms with Crippen LogP contribution in [0.1, 0.15) is 16.2 Å². The van der Waals surface area contributed by atoms with Gasteiger partial charge in [0.25, 0.3) is 0 Å². The van der Waals surface area contributed by atoms with Gasteiger partial charge in [-0.3, -0.25) is 0 Å². The fourth-order valence-electron chi connectivity index (χ4n) is 1.27. The molecule has 0 spiro atoms. The van der Waals surface area contributed by atoms with Crippen molar-refractivity contribution in [3.05, 3.63) is 40.7 Å². The Balaban J connectivity index is 2.45. The van der Waals surface area contributed by atoms with Crippen LogP contribution in [0.15, 0.2) is 24.3 Å². The predicted octanol–water partition coefficient (Wildman–Crippen LogP) is 1.93. The first-order chi connectivity index (χ1) is 7.58. The Labute approximate surface area is 96.3 Å². The largest absolute Gasteiger partial charge is 0.476 e. The maximum Gasteiger partial charge on any atom is 0.358 e. The highest BCUT2D eigenvalue weighted by Gasteiger charge is 2.14. The number of carbonyl (C=O) groups is 1. The third-order valence-electron chi connectivity index (χ3n) is 2.04. The molecule has 0 atom stereocenters. The number of hydrogen-bond acceptors (Lipinski definition) is 3. The Morgan fingerprint density at radius 3 is 2.44 bits per heavy atom. The summed E-state index contributed by atoms with van der Waals surface area (Å²) in [6.07, 6.45) is 0. The molecule has 0 aliphatic carbocycles. The molecule has 0 bridgehead atoms. The van der Waals surface area contributed by atoms with Crippen LogP contribution >= 0.6 is 11.6 Å². The van der Waals surface area contributed by atoms with Crippen LogP contribution < -0.4 is 0 Å². The van der Waals surface area contributed by atoms with Gasteiger partial charge >= 0.3 is 5.97 Å². The minimum Gasteiger partial charge on any atom is -0.476 e. The van der Waals surface area contributed by atoms with Gasteiger partial charge in [0.05, 0.1) is 11.4 Å². The molecule has 0 aliphatic heterocycles. The van der Waals surface area contributed by atoms with Gasteiger partial charge in [0, 0.05) is 5.02 Å². The third-order valence-corrected chi connectivity index (χ3v) is 2.29. The summed E-state index contributed by atoms with van der Waals surface area (Å²) in [6.45, 7) is 1.60. The van der Waals surface area contributed by atoms with Crippen molar-refractivity contribution in [3.8, 4) is 5.69 Å². The van der Waals surface area contributed by atoms with Crippen molar-refractivity contribution in [2.75, 3.05) is 0 Å². The molecule has 2 rings (SSSR count). The van der Waals surface area contributed by atoms with Gasteiger partial charge in [-0.25, -0.2) is 4.79 Å². The Morgan fingerprint density at radius 2 is 1.94 bits per heavy atom. The number of aromatic nitrogens is 3. The number of rotatable bonds is 2. The average molecular weight is 238 g/mol. The highest BCUT2D eigenvalue weighted by molar-refractivity contribution is 6.30. The lowest BCUT2D eigenvalue weighted by Gasteiger charge is -1.98. The summed E-state index contributed by atoms with van der Waals surface area (Å²) in [5.74, 6) is -1.09. The molecule has 0 radical (unpaired) electrons. The van der Waals surface area contributed by atoms with Crippen molar-refractivity contribution in [1.29, 1.82) is 0 Å². The molecule has 1 aromatic heterocycles. The van der Waals surface area contributed by atoms with Gasteiger partial charge in [-0.05, 0) is 31.2 Å². The van der Waals surface area contributed by atoms with Crippen LogP contribution in [-0.2, 0) is 0 Å². The van der Waals surface area contributed by atoms with Crippen LogP contribution in [0.25, 0.3) is 5.69 Å². The smallest absolute Gasteiger partial charge is 0.358 e. The van der Waals surface area contributed by atoms with Gasteiger partial charge in [0.1, 0.15) is 0 Å². The van der Waals surface area contributed by atoms with E-state index in [-0.39, 0.29) is 5.69 Å². The van der Waals surface area contributed by atoms with E-state index < -0.39 is 5.97 Å². The van der Waals surface area contributed by atoms with E-state index in [1.807, 2.05) is 0 Å². The van der Waals surface area contributed by atoms with Gasteiger partial charge in [-0.1, -0.05) is 11.6 Å². The molecule has 6 heteroatoms. The van der Waals surface area contributed by atoms with Gasteiger partial charge in [-0.15, -0.1) is 5.10 Å². The summed E-state index contributed by atoms with van der Waals surface area (Å²) in [4.78, 5) is 12.1. The SMILES string of the molecule is Cc1nn(-c2ccc(Cl)cc2)nc1C(=O)O. The van der Waals surface area contributed by atoms with Crippen molar-refractivity contribution < 1.29 is 9.90 Å². The van der Waals surface area contributed by atoms with Crippen LogP contribution in [-0.4, -0.2) is 26.1 Å². The highest BCUT2D eigenvalue weighted by atomic mass is 35.5. The van der Waals surface area contributed by atoms with Crippen molar-refractivity contribution in [2.24, 2.45) is 0 Å². The lowest BCUT2D eigenvalue weighted by molar-refractivity contribution is 0.0689. The predicted molar refractivity (Wildman–Crippen MR) is 58.1 cm³/mol. The van der Waals surface area contributed by atoms with Crippen LogP contribution in [0.2, 0.25) is 5.02 Å². The van der Waals surface area contributed by atoms with E-state index in [0.717, 1.165) is 0 Å². The molecule has 1 aromatic carbocycles. The van der Waals surface area contributed by atoms with Gasteiger partial charge in [0.2, 0.25) is 0 Å². The van der Waals surface area contributed by atoms with Gasteiger partial charge in [-0.2, -0.15) is 9.90 Å². The zero-order chi connectivity index (χ0) is 11.7. The number of halogens is 1. The fourth-order valence-corrected chi connectivity index (χ4v) is 1.39. The first-order valence-electron chi connectivity index (χ1n) is 4.51. The first-order valence-corrected chi connectivity index (χ1v) is 4.89. The van der Waals surface area contributed by atoms with E-state index in [0.29, 0.717) is 16.4 Å². The molecule has 0 aliphatic rings. The number of aromatic carboxylic acids is 1. The monoisotopic (exact) mass is 237 g/mol. The lowest BCUT2D eigenvalue weighted by atomic mass is 10.3. The molecule has 5 nitrogen and oxygen atoms in total. The summed E-state index contributed by atoms with van der Waals surface area (Å²) in [5, 5.41) is 17.3. The second-order valence-electron chi connectivity index (χ2n) is 3.21. The zero-order valence-corrected chi connectivity index (χ0v) is 9.14. The number of carboxylic acids is 1. The number of hydrogen-bond donors (Lipinski definition) is 1. The summed E-state index contributed by atoms with van der Waals surface area (Å²) < 4.78 is 0. The van der Waals surface area contributed by atoms with Crippen molar-refractivity contribution in [3.63, 3.8) is 0 Å². The normalized spacial score (nSPS) is 10.4. The maximum atomic E-state index is 10.8. The molecular formula is C10H8ClN3O2. The molecule has 0 fully saturated rings. The summed E-state index contributed by atoms with van der Waals surface area (Å²) in [5.41, 5.74) is 0.998. The standard InChI is InChI=1S/C10H8ClN3O2/c1-6-9(10(15)16)13-14(12-6)8-4-2-7(11)3-5-8/h2-5H,1H3,(H,15,16). The number of carboxylic acid groups (broad SMARTS) is 1. The Bertz CT molecular complexity index is 533. The Hall–Kier alpha value is -1.88. The van der Waals surface area contributed by atoms with Crippen LogP contribution in [0.3, 0.4) is 0 Å². The van der Waals surface area contributed by atoms with E-state index >= 15 is 0 Å². The average Bonchev–Trinajstić information content (AvgIpc) is 2.61. The molecule has 0 amide bonds. The van der Waals surface area contributed by atoms with Gasteiger partial charge in [0.15, 0.2) is 5.69 Å². The quantitative estimate of drug-likeness (QED) is 0.867. The summed E-state index contributed by atoms with van der Waals surface area (Å²) in [6, 6.07) is 6.81. The van der Waals surface area contributed by atoms with E-state index in [1.54, 1.807) is 31.2 Å². The van der Waals surface area contributed by atoms with Crippen LogP contribution in [0.4, 0.5) is 0 Å². The van der Waals surface area contributed by atoms with Crippen molar-refractivity contribution in [2.45, 2.75) is 6.92 Å². The minimum atomic E-state index is -1.09. The maximum absolute atomic E-state index is 10.8. The first kappa shape index (κ1) is 10.6. The fraction of sp³-hybridized carbons (Fsp3) is 0.100. The van der Waals surface area contributed by atoms with E-state index in [2.05, 4.69) is 10.2 Å². The molecule has 0 saturated carbocycles. The molecular weight excluding hydrogens is 230 g/mol. The Kier molecular flexibility index (Phi) is 2.62. The lowest BCUT2D eigenvalue weighted by Crippen LogP contribution is -2.02. The van der Waals surface area contributed by atoms with E-state index in [1.165, 1.54) is 4.80 Å². The molecule has 1 N–H and O–H groups in total. The van der Waals surface area contributed by atoms with Gasteiger partial charge < -0.3 is 5.11 Å². The van der Waals surface area contributed by atoms with E-state index in [9.17, 15) is 4.79 Å². The molecule has 0 unspecified atom stereocenters. The number of benzene rings is 1. The topological polar surface area (TPSA) is 68.0 Å². The second-order valence-corrected chi connectivity index (χ2v) is 3.64. The van der Waals surface area contributed by atoms with Crippen LogP contribution in [0.5, 0.6) is 0 Å². The summed E-state index contributed by atoms with van der Waals surface area (Å²) >= 11 is 5.74. The minimum absolute atomic E-state index is 0.0463. The molecule has 82 valence electrons. The number of aryl methyl sites for hydroxylation is 1. The molecule has 2 aromatic rings. The molecule has 1 heterocycles. The zero-order valence-electron chi connectivity index (χ0n) is 8.38. The second kappa shape index (κ2) is 3.94. The number of nitrogens with zero attached hydrogens (tertiary/aromatic N) is 3.